The monoisotopic (exact) mass is 1130 g/mol. The Bertz CT molecular complexity index is 2340. The van der Waals surface area contributed by atoms with E-state index < -0.39 is 144 Å². The van der Waals surface area contributed by atoms with Crippen LogP contribution in [0.5, 0.6) is 5.75 Å². The summed E-state index contributed by atoms with van der Waals surface area (Å²) in [5.74, 6) is -11.0. The van der Waals surface area contributed by atoms with Crippen molar-refractivity contribution in [3.05, 3.63) is 29.8 Å². The number of primary amides is 3. The van der Waals surface area contributed by atoms with Crippen LogP contribution >= 0.6 is 0 Å². The van der Waals surface area contributed by atoms with Crippen molar-refractivity contribution in [2.75, 3.05) is 13.1 Å². The Balaban J connectivity index is 3.46. The minimum atomic E-state index is -1.58. The zero-order valence-corrected chi connectivity index (χ0v) is 47.1. The maximum atomic E-state index is 14.2. The molecule has 0 unspecified atom stereocenters. The fourth-order valence-electron chi connectivity index (χ4n) is 7.98. The van der Waals surface area contributed by atoms with Crippen molar-refractivity contribution in [3.8, 4) is 5.75 Å². The van der Waals surface area contributed by atoms with E-state index in [9.17, 15) is 57.8 Å². The molecule has 0 aromatic heterocycles. The van der Waals surface area contributed by atoms with E-state index in [2.05, 4.69) is 52.5 Å². The third kappa shape index (κ3) is 27.9. The molecule has 448 valence electrons. The number of phenolic OH excluding ortho intramolecular Hbond substituents is 1. The van der Waals surface area contributed by atoms with Gasteiger partial charge in [0.2, 0.25) is 65.0 Å². The maximum absolute atomic E-state index is 14.2. The van der Waals surface area contributed by atoms with Crippen molar-refractivity contribution in [1.82, 2.24) is 42.5 Å². The molecule has 80 heavy (non-hydrogen) atoms. The molecule has 0 heterocycles. The molecule has 9 atom stereocenters. The van der Waals surface area contributed by atoms with Gasteiger partial charge in [0, 0.05) is 31.8 Å². The van der Waals surface area contributed by atoms with E-state index in [0.717, 1.165) is 0 Å². The molecule has 0 radical (unpaired) electrons. The van der Waals surface area contributed by atoms with Crippen LogP contribution in [0.15, 0.2) is 34.3 Å². The number of carbonyl (C=O) groups is 11. The van der Waals surface area contributed by atoms with Crippen LogP contribution in [0.2, 0.25) is 0 Å². The Morgan fingerprint density at radius 3 is 1.32 bits per heavy atom. The van der Waals surface area contributed by atoms with Gasteiger partial charge in [-0.1, -0.05) is 60.6 Å². The predicted molar refractivity (Wildman–Crippen MR) is 297 cm³/mol. The molecule has 23 N–H and O–H groups in total. The Kier molecular flexibility index (Phi) is 30.8. The summed E-state index contributed by atoms with van der Waals surface area (Å²) in [5, 5.41) is 30.1. The quantitative estimate of drug-likeness (QED) is 0.0171. The summed E-state index contributed by atoms with van der Waals surface area (Å²) in [5.41, 5.74) is 38.9. The van der Waals surface area contributed by atoms with E-state index in [1.807, 2.05) is 13.8 Å². The van der Waals surface area contributed by atoms with Gasteiger partial charge < -0.3 is 87.8 Å². The van der Waals surface area contributed by atoms with E-state index in [-0.39, 0.29) is 81.1 Å². The highest BCUT2D eigenvalue weighted by Gasteiger charge is 2.35. The molecular weight excluding hydrogens is 1040 g/mol. The van der Waals surface area contributed by atoms with Gasteiger partial charge in [0.25, 0.3) is 0 Å². The average Bonchev–Trinajstić information content (AvgIpc) is 3.34. The number of aliphatic imine (C=N–C) groups is 2. The zero-order chi connectivity index (χ0) is 61.0. The minimum Gasteiger partial charge on any atom is -0.508 e. The summed E-state index contributed by atoms with van der Waals surface area (Å²) in [6.07, 6.45) is -0.983. The highest BCUT2D eigenvalue weighted by atomic mass is 16.3. The Labute approximate surface area is 466 Å². The lowest BCUT2D eigenvalue weighted by atomic mass is 9.97. The van der Waals surface area contributed by atoms with Crippen LogP contribution < -0.4 is 82.7 Å². The molecule has 1 rings (SSSR count). The zero-order valence-electron chi connectivity index (χ0n) is 47.1. The lowest BCUT2D eigenvalue weighted by Crippen LogP contribution is -2.60. The SMILES string of the molecule is CC(C)C[C@H](NC(=O)[C@H](CC(N)=O)NC(=O)[C@@H](C)CC(C)C)C(=O)N[C@H](C(=O)N[C@@H](C)C(=O)N[C@@H](CCCN=C(N)N)C(=O)N[C@@H](CCC(N)=O)C(=O)N[C@@H](CCCN=C(N)N)C(=O)N[C@@H](Cc1ccc(O)cc1)C(N)=O)C(C)C. The summed E-state index contributed by atoms with van der Waals surface area (Å²) in [4.78, 5) is 155. The van der Waals surface area contributed by atoms with E-state index in [1.54, 1.807) is 34.6 Å². The Hall–Kier alpha value is -8.27. The summed E-state index contributed by atoms with van der Waals surface area (Å²) in [6.45, 7) is 13.6. The molecule has 29 nitrogen and oxygen atoms in total. The molecule has 0 saturated carbocycles. The highest BCUT2D eigenvalue weighted by Crippen LogP contribution is 2.15. The number of nitrogens with zero attached hydrogens (tertiary/aromatic N) is 2. The number of hydrogen-bond acceptors (Lipinski definition) is 14. The van der Waals surface area contributed by atoms with Gasteiger partial charge in [0.15, 0.2) is 11.9 Å². The second-order valence-corrected chi connectivity index (χ2v) is 20.8. The lowest BCUT2D eigenvalue weighted by molar-refractivity contribution is -0.136. The van der Waals surface area contributed by atoms with E-state index in [1.165, 1.54) is 31.2 Å². The number of carbonyl (C=O) groups excluding carboxylic acids is 11. The number of phenols is 1. The van der Waals surface area contributed by atoms with Crippen molar-refractivity contribution in [3.63, 3.8) is 0 Å². The van der Waals surface area contributed by atoms with Gasteiger partial charge in [-0.3, -0.25) is 62.7 Å². The molecule has 29 heteroatoms. The van der Waals surface area contributed by atoms with Crippen molar-refractivity contribution < 1.29 is 57.8 Å². The van der Waals surface area contributed by atoms with Crippen molar-refractivity contribution in [1.29, 1.82) is 0 Å². The Morgan fingerprint density at radius 1 is 0.463 bits per heavy atom. The first-order chi connectivity index (χ1) is 37.3. The largest absolute Gasteiger partial charge is 0.508 e. The lowest BCUT2D eigenvalue weighted by Gasteiger charge is -2.29. The first-order valence-corrected chi connectivity index (χ1v) is 26.5. The van der Waals surface area contributed by atoms with Crippen molar-refractivity contribution >= 4 is 76.9 Å². The number of aromatic hydroxyl groups is 1. The van der Waals surface area contributed by atoms with Gasteiger partial charge in [0.1, 0.15) is 54.1 Å². The summed E-state index contributed by atoms with van der Waals surface area (Å²) in [7, 11) is 0. The number of nitrogens with one attached hydrogen (secondary N) is 8. The van der Waals surface area contributed by atoms with Gasteiger partial charge in [-0.25, -0.2) is 0 Å². The maximum Gasteiger partial charge on any atom is 0.243 e. The number of hydrogen-bond donors (Lipinski definition) is 16. The first-order valence-electron chi connectivity index (χ1n) is 26.5. The Morgan fingerprint density at radius 2 is 0.887 bits per heavy atom. The molecule has 0 fully saturated rings. The number of guanidine groups is 2. The predicted octanol–water partition coefficient (Wildman–Crippen LogP) is -4.05. The number of rotatable bonds is 37. The molecule has 0 spiro atoms. The summed E-state index contributed by atoms with van der Waals surface area (Å²) < 4.78 is 0. The van der Waals surface area contributed by atoms with E-state index in [4.69, 9.17) is 40.1 Å². The number of amides is 11. The third-order valence-corrected chi connectivity index (χ3v) is 12.2. The van der Waals surface area contributed by atoms with Gasteiger partial charge in [0.05, 0.1) is 6.42 Å². The van der Waals surface area contributed by atoms with Crippen LogP contribution in [0.25, 0.3) is 0 Å². The van der Waals surface area contributed by atoms with Crippen LogP contribution in [0.4, 0.5) is 0 Å². The minimum absolute atomic E-state index is 0.0124. The number of nitrogens with two attached hydrogens (primary N) is 7. The van der Waals surface area contributed by atoms with Gasteiger partial charge in [-0.05, 0) is 87.3 Å². The van der Waals surface area contributed by atoms with Crippen LogP contribution in [-0.4, -0.2) is 143 Å². The normalized spacial score (nSPS) is 14.4. The second kappa shape index (κ2) is 35.3. The molecule has 11 amide bonds. The van der Waals surface area contributed by atoms with Gasteiger partial charge in [-0.15, -0.1) is 0 Å². The summed E-state index contributed by atoms with van der Waals surface area (Å²) >= 11 is 0. The molecule has 0 saturated heterocycles. The van der Waals surface area contributed by atoms with E-state index >= 15 is 0 Å². The third-order valence-electron chi connectivity index (χ3n) is 12.2. The van der Waals surface area contributed by atoms with Crippen LogP contribution in [0.3, 0.4) is 0 Å². The molecule has 1 aromatic carbocycles. The average molecular weight is 1130 g/mol. The fraction of sp³-hybridized carbons (Fsp3) is 0.627. The molecule has 1 aromatic rings. The molecular formula is C51H87N17O12. The second-order valence-electron chi connectivity index (χ2n) is 20.8. The fourth-order valence-corrected chi connectivity index (χ4v) is 7.98. The van der Waals surface area contributed by atoms with E-state index in [0.29, 0.717) is 12.0 Å². The van der Waals surface area contributed by atoms with Crippen molar-refractivity contribution in [2.45, 2.75) is 168 Å². The van der Waals surface area contributed by atoms with Gasteiger partial charge >= 0.3 is 0 Å². The summed E-state index contributed by atoms with van der Waals surface area (Å²) in [6, 6.07) is -5.32. The van der Waals surface area contributed by atoms with Gasteiger partial charge in [-0.2, -0.15) is 0 Å². The van der Waals surface area contributed by atoms with Crippen LogP contribution in [0.1, 0.15) is 119 Å². The van der Waals surface area contributed by atoms with Crippen molar-refractivity contribution in [2.24, 2.45) is 73.8 Å². The van der Waals surface area contributed by atoms with Crippen LogP contribution in [-0.2, 0) is 59.2 Å². The van der Waals surface area contributed by atoms with Crippen LogP contribution in [0, 0.1) is 23.7 Å². The molecule has 0 aliphatic carbocycles. The smallest absolute Gasteiger partial charge is 0.243 e. The standard InChI is InChI=1S/C51H87N17O12/c1-25(2)21-28(7)42(73)66-37(24-39(53)71)47(78)67-36(22-26(3)4)48(79)68-40(27(5)6)49(80)61-29(8)43(74)62-32(11-9-19-59-50(55)56)44(75)64-34(17-18-38(52)70)46(77)63-33(12-10-20-60-51(57)58)45(76)65-35(41(54)72)23-30-13-15-31(69)16-14-30/h13-16,25-29,32-37,40,69H,9-12,17-24H2,1-8H3,(H2,52,70)(H2,53,71)(H2,54,72)(H,61,80)(H,62,74)(H,63,77)(H,64,75)(H,65,76)(H,66,73)(H,67,78)(H,68,79)(H4,55,56,59)(H4,57,58,60)/t28-,29-,32-,33-,34-,35-,36-,37-,40-/m0/s1. The molecule has 0 bridgehead atoms. The molecule has 0 aliphatic heterocycles. The first kappa shape index (κ1) is 69.7. The topological polar surface area (TPSA) is 511 Å². The number of benzene rings is 1. The highest BCUT2D eigenvalue weighted by molar-refractivity contribution is 5.99. The molecule has 0 aliphatic rings.